The molecule has 0 aliphatic carbocycles. The zero-order chi connectivity index (χ0) is 13.7. The van der Waals surface area contributed by atoms with Gasteiger partial charge in [-0.1, -0.05) is 13.0 Å². The molecule has 0 spiro atoms. The van der Waals surface area contributed by atoms with Crippen molar-refractivity contribution in [2.45, 2.75) is 26.3 Å². The molecular weight excluding hydrogens is 240 g/mol. The fraction of sp³-hybridized carbons (Fsp3) is 0.462. The van der Waals surface area contributed by atoms with E-state index in [1.807, 2.05) is 6.92 Å². The Kier molecular flexibility index (Phi) is 5.22. The Bertz CT molecular complexity index is 423. The molecule has 1 atom stereocenters. The molecular formula is C13H17F2NO2. The number of aliphatic carboxylic acids is 1. The Morgan fingerprint density at radius 1 is 1.44 bits per heavy atom. The largest absolute Gasteiger partial charge is 0.480 e. The Labute approximate surface area is 105 Å². The van der Waals surface area contributed by atoms with Gasteiger partial charge in [0.05, 0.1) is 6.54 Å². The second-order valence-corrected chi connectivity index (χ2v) is 4.21. The van der Waals surface area contributed by atoms with Crippen LogP contribution in [0.4, 0.5) is 8.78 Å². The van der Waals surface area contributed by atoms with Crippen LogP contribution in [0.3, 0.4) is 0 Å². The molecule has 0 saturated carbocycles. The van der Waals surface area contributed by atoms with Gasteiger partial charge < -0.3 is 5.11 Å². The lowest BCUT2D eigenvalue weighted by molar-refractivity contribution is -0.138. The highest BCUT2D eigenvalue weighted by Gasteiger charge is 2.20. The highest BCUT2D eigenvalue weighted by molar-refractivity contribution is 5.69. The second-order valence-electron chi connectivity index (χ2n) is 4.21. The van der Waals surface area contributed by atoms with E-state index in [2.05, 4.69) is 0 Å². The van der Waals surface area contributed by atoms with E-state index in [1.165, 1.54) is 12.1 Å². The summed E-state index contributed by atoms with van der Waals surface area (Å²) in [6.07, 6.45) is 0.764. The number of carbonyl (C=O) groups is 1. The first-order valence-electron chi connectivity index (χ1n) is 5.86. The zero-order valence-electron chi connectivity index (χ0n) is 10.5. The van der Waals surface area contributed by atoms with Gasteiger partial charge in [-0.25, -0.2) is 8.78 Å². The summed E-state index contributed by atoms with van der Waals surface area (Å²) in [6.45, 7) is 4.02. The summed E-state index contributed by atoms with van der Waals surface area (Å²) in [5.41, 5.74) is 0.311. The molecule has 1 aromatic carbocycles. The Balaban J connectivity index is 2.93. The second kappa shape index (κ2) is 6.44. The Hall–Kier alpha value is -1.49. The summed E-state index contributed by atoms with van der Waals surface area (Å²) in [4.78, 5) is 12.4. The highest BCUT2D eigenvalue weighted by atomic mass is 19.1. The predicted molar refractivity (Wildman–Crippen MR) is 64.3 cm³/mol. The van der Waals surface area contributed by atoms with Gasteiger partial charge in [0, 0.05) is 17.7 Å². The van der Waals surface area contributed by atoms with E-state index in [9.17, 15) is 13.6 Å². The summed E-state index contributed by atoms with van der Waals surface area (Å²) in [5, 5.41) is 8.82. The number of carboxylic acids is 1. The first-order chi connectivity index (χ1) is 8.45. The van der Waals surface area contributed by atoms with E-state index in [-0.39, 0.29) is 6.54 Å². The van der Waals surface area contributed by atoms with Crippen molar-refractivity contribution in [3.63, 3.8) is 0 Å². The summed E-state index contributed by atoms with van der Waals surface area (Å²) < 4.78 is 26.4. The van der Waals surface area contributed by atoms with Crippen LogP contribution < -0.4 is 0 Å². The molecule has 0 heterocycles. The molecule has 0 aliphatic heterocycles. The summed E-state index contributed by atoms with van der Waals surface area (Å²) in [6, 6.07) is 2.96. The van der Waals surface area contributed by atoms with Crippen molar-refractivity contribution in [1.82, 2.24) is 4.90 Å². The molecule has 100 valence electrons. The number of halogens is 2. The Morgan fingerprint density at radius 2 is 2.11 bits per heavy atom. The third-order valence-electron chi connectivity index (χ3n) is 2.81. The van der Waals surface area contributed by atoms with Crippen molar-refractivity contribution >= 4 is 5.97 Å². The van der Waals surface area contributed by atoms with Crippen LogP contribution in [0, 0.1) is 11.6 Å². The first-order valence-corrected chi connectivity index (χ1v) is 5.86. The number of benzene rings is 1. The highest BCUT2D eigenvalue weighted by Crippen LogP contribution is 2.23. The molecule has 0 bridgehead atoms. The molecule has 5 heteroatoms. The van der Waals surface area contributed by atoms with E-state index in [4.69, 9.17) is 5.11 Å². The maximum absolute atomic E-state index is 13.6. The minimum Gasteiger partial charge on any atom is -0.480 e. The van der Waals surface area contributed by atoms with E-state index in [0.29, 0.717) is 12.1 Å². The normalized spacial score (nSPS) is 12.7. The van der Waals surface area contributed by atoms with Crippen molar-refractivity contribution in [3.8, 4) is 0 Å². The molecule has 1 aromatic rings. The molecule has 0 aromatic heterocycles. The van der Waals surface area contributed by atoms with Crippen LogP contribution in [0.15, 0.2) is 18.2 Å². The van der Waals surface area contributed by atoms with Crippen molar-refractivity contribution in [2.75, 3.05) is 13.1 Å². The summed E-state index contributed by atoms with van der Waals surface area (Å²) in [7, 11) is 0. The number of hydrogen-bond donors (Lipinski definition) is 1. The molecule has 0 radical (unpaired) electrons. The van der Waals surface area contributed by atoms with E-state index >= 15 is 0 Å². The van der Waals surface area contributed by atoms with Crippen molar-refractivity contribution < 1.29 is 18.7 Å². The van der Waals surface area contributed by atoms with Gasteiger partial charge in [-0.15, -0.1) is 0 Å². The van der Waals surface area contributed by atoms with Gasteiger partial charge in [0.2, 0.25) is 0 Å². The maximum atomic E-state index is 13.6. The smallest absolute Gasteiger partial charge is 0.317 e. The SMILES string of the molecule is CCCN(CC(=O)O)C(C)c1ccc(F)cc1F. The molecule has 0 aliphatic rings. The van der Waals surface area contributed by atoms with Gasteiger partial charge in [0.25, 0.3) is 0 Å². The molecule has 1 N–H and O–H groups in total. The lowest BCUT2D eigenvalue weighted by Crippen LogP contribution is -2.33. The molecule has 18 heavy (non-hydrogen) atoms. The fourth-order valence-electron chi connectivity index (χ4n) is 1.91. The van der Waals surface area contributed by atoms with Crippen LogP contribution in [0.25, 0.3) is 0 Å². The first kappa shape index (κ1) is 14.6. The lowest BCUT2D eigenvalue weighted by atomic mass is 10.1. The Morgan fingerprint density at radius 3 is 2.61 bits per heavy atom. The van der Waals surface area contributed by atoms with Crippen LogP contribution in [-0.2, 0) is 4.79 Å². The van der Waals surface area contributed by atoms with Crippen LogP contribution in [-0.4, -0.2) is 29.1 Å². The van der Waals surface area contributed by atoms with Crippen LogP contribution in [0.5, 0.6) is 0 Å². The topological polar surface area (TPSA) is 40.5 Å². The number of carboxylic acid groups (broad SMARTS) is 1. The summed E-state index contributed by atoms with van der Waals surface area (Å²) >= 11 is 0. The third kappa shape index (κ3) is 3.77. The average molecular weight is 257 g/mol. The quantitative estimate of drug-likeness (QED) is 0.852. The number of hydrogen-bond acceptors (Lipinski definition) is 2. The van der Waals surface area contributed by atoms with Gasteiger partial charge in [0.15, 0.2) is 0 Å². The van der Waals surface area contributed by atoms with Crippen molar-refractivity contribution in [1.29, 1.82) is 0 Å². The minimum atomic E-state index is -0.960. The molecule has 0 amide bonds. The maximum Gasteiger partial charge on any atom is 0.317 e. The van der Waals surface area contributed by atoms with Crippen molar-refractivity contribution in [2.24, 2.45) is 0 Å². The van der Waals surface area contributed by atoms with Gasteiger partial charge in [0.1, 0.15) is 11.6 Å². The average Bonchev–Trinajstić information content (AvgIpc) is 2.27. The van der Waals surface area contributed by atoms with Crippen LogP contribution in [0.1, 0.15) is 31.9 Å². The van der Waals surface area contributed by atoms with Gasteiger partial charge in [-0.2, -0.15) is 0 Å². The number of nitrogens with zero attached hydrogens (tertiary/aromatic N) is 1. The van der Waals surface area contributed by atoms with E-state index in [1.54, 1.807) is 11.8 Å². The fourth-order valence-corrected chi connectivity index (χ4v) is 1.91. The number of rotatable bonds is 6. The van der Waals surface area contributed by atoms with Crippen LogP contribution >= 0.6 is 0 Å². The standard InChI is InChI=1S/C13H17F2NO2/c1-3-6-16(8-13(17)18)9(2)11-5-4-10(14)7-12(11)15/h4-5,7,9H,3,6,8H2,1-2H3,(H,17,18). The predicted octanol–water partition coefficient (Wildman–Crippen LogP) is 2.82. The van der Waals surface area contributed by atoms with E-state index < -0.39 is 23.6 Å². The van der Waals surface area contributed by atoms with Gasteiger partial charge in [-0.05, 0) is 26.0 Å². The monoisotopic (exact) mass is 257 g/mol. The molecule has 0 saturated heterocycles. The van der Waals surface area contributed by atoms with E-state index in [0.717, 1.165) is 12.5 Å². The van der Waals surface area contributed by atoms with Crippen LogP contribution in [0.2, 0.25) is 0 Å². The minimum absolute atomic E-state index is 0.161. The zero-order valence-corrected chi connectivity index (χ0v) is 10.5. The van der Waals surface area contributed by atoms with Gasteiger partial charge >= 0.3 is 5.97 Å². The molecule has 3 nitrogen and oxygen atoms in total. The molecule has 1 unspecified atom stereocenters. The van der Waals surface area contributed by atoms with Crippen molar-refractivity contribution in [3.05, 3.63) is 35.4 Å². The molecule has 1 rings (SSSR count). The molecule has 0 fully saturated rings. The van der Waals surface area contributed by atoms with Gasteiger partial charge in [-0.3, -0.25) is 9.69 Å². The summed E-state index contributed by atoms with van der Waals surface area (Å²) in [5.74, 6) is -2.24. The third-order valence-corrected chi connectivity index (χ3v) is 2.81. The lowest BCUT2D eigenvalue weighted by Gasteiger charge is -2.27.